The molecule has 3 N–H and O–H groups in total. The van der Waals surface area contributed by atoms with Crippen LogP contribution in [0.25, 0.3) is 0 Å². The highest BCUT2D eigenvalue weighted by atomic mass is 16.5. The standard InChI is InChI=1S/C28H34N6O5/c1-18(35)31-21-9-7-19(8-10-21)16-30-27(36)20-6-5-13-34(17-20)25-11-12-29-28(33-25)32-22-14-23(37-2)26(39-4)24(15-22)38-3/h7-12,14-15,20H,5-6,13,16-17H2,1-4H3,(H,30,36)(H,31,35)(H,29,32,33)/t20-/m0/s1. The van der Waals surface area contributed by atoms with Gasteiger partial charge in [-0.15, -0.1) is 0 Å². The molecule has 39 heavy (non-hydrogen) atoms. The average Bonchev–Trinajstić information content (AvgIpc) is 2.96. The lowest BCUT2D eigenvalue weighted by molar-refractivity contribution is -0.125. The number of benzene rings is 2. The molecule has 0 spiro atoms. The molecule has 0 radical (unpaired) electrons. The van der Waals surface area contributed by atoms with Crippen molar-refractivity contribution in [2.75, 3.05) is 50.0 Å². The van der Waals surface area contributed by atoms with Crippen LogP contribution in [0, 0.1) is 5.92 Å². The van der Waals surface area contributed by atoms with Gasteiger partial charge in [0.15, 0.2) is 11.5 Å². The number of amides is 2. The van der Waals surface area contributed by atoms with E-state index in [1.807, 2.05) is 30.3 Å². The molecular formula is C28H34N6O5. The summed E-state index contributed by atoms with van der Waals surface area (Å²) in [6.07, 6.45) is 3.38. The van der Waals surface area contributed by atoms with E-state index in [0.717, 1.165) is 36.5 Å². The van der Waals surface area contributed by atoms with E-state index in [9.17, 15) is 9.59 Å². The van der Waals surface area contributed by atoms with E-state index < -0.39 is 0 Å². The fraction of sp³-hybridized carbons (Fsp3) is 0.357. The summed E-state index contributed by atoms with van der Waals surface area (Å²) in [5.41, 5.74) is 2.37. The van der Waals surface area contributed by atoms with Crippen LogP contribution in [0.5, 0.6) is 17.2 Å². The van der Waals surface area contributed by atoms with Crippen LogP contribution in [0.3, 0.4) is 0 Å². The first-order valence-corrected chi connectivity index (χ1v) is 12.7. The van der Waals surface area contributed by atoms with Crippen LogP contribution in [0.15, 0.2) is 48.7 Å². The maximum Gasteiger partial charge on any atom is 0.229 e. The molecule has 1 atom stereocenters. The van der Waals surface area contributed by atoms with Crippen molar-refractivity contribution in [3.8, 4) is 17.2 Å². The van der Waals surface area contributed by atoms with Crippen LogP contribution in [0.4, 0.5) is 23.1 Å². The number of aromatic nitrogens is 2. The summed E-state index contributed by atoms with van der Waals surface area (Å²) < 4.78 is 16.2. The van der Waals surface area contributed by atoms with Gasteiger partial charge in [0.1, 0.15) is 5.82 Å². The Hall–Kier alpha value is -4.54. The summed E-state index contributed by atoms with van der Waals surface area (Å²) in [4.78, 5) is 35.3. The number of methoxy groups -OCH3 is 3. The first kappa shape index (κ1) is 27.5. The third-order valence-corrected chi connectivity index (χ3v) is 6.42. The van der Waals surface area contributed by atoms with E-state index in [1.54, 1.807) is 39.7 Å². The zero-order chi connectivity index (χ0) is 27.8. The molecule has 1 fully saturated rings. The van der Waals surface area contributed by atoms with Gasteiger partial charge in [-0.1, -0.05) is 12.1 Å². The Kier molecular flexibility index (Phi) is 9.03. The molecule has 1 aliphatic rings. The lowest BCUT2D eigenvalue weighted by Gasteiger charge is -2.33. The Labute approximate surface area is 227 Å². The molecule has 0 aliphatic carbocycles. The van der Waals surface area contributed by atoms with Crippen LogP contribution < -0.4 is 35.1 Å². The fourth-order valence-corrected chi connectivity index (χ4v) is 4.51. The highest BCUT2D eigenvalue weighted by Gasteiger charge is 2.26. The van der Waals surface area contributed by atoms with E-state index in [2.05, 4.69) is 25.8 Å². The molecule has 0 saturated carbocycles. The number of carbonyl (C=O) groups is 2. The Morgan fingerprint density at radius 2 is 1.72 bits per heavy atom. The van der Waals surface area contributed by atoms with Crippen molar-refractivity contribution in [1.82, 2.24) is 15.3 Å². The van der Waals surface area contributed by atoms with E-state index in [4.69, 9.17) is 19.2 Å². The van der Waals surface area contributed by atoms with E-state index in [0.29, 0.717) is 42.0 Å². The van der Waals surface area contributed by atoms with Gasteiger partial charge >= 0.3 is 0 Å². The molecular weight excluding hydrogens is 500 g/mol. The van der Waals surface area contributed by atoms with Crippen molar-refractivity contribution < 1.29 is 23.8 Å². The molecule has 1 saturated heterocycles. The highest BCUT2D eigenvalue weighted by molar-refractivity contribution is 5.88. The minimum atomic E-state index is -0.154. The monoisotopic (exact) mass is 534 g/mol. The van der Waals surface area contributed by atoms with Gasteiger partial charge in [-0.2, -0.15) is 4.98 Å². The fourth-order valence-electron chi connectivity index (χ4n) is 4.51. The zero-order valence-electron chi connectivity index (χ0n) is 22.6. The van der Waals surface area contributed by atoms with E-state index >= 15 is 0 Å². The lowest BCUT2D eigenvalue weighted by atomic mass is 9.97. The number of carbonyl (C=O) groups excluding carboxylic acids is 2. The third-order valence-electron chi connectivity index (χ3n) is 6.42. The summed E-state index contributed by atoms with van der Waals surface area (Å²) in [5, 5.41) is 8.99. The smallest absolute Gasteiger partial charge is 0.229 e. The molecule has 11 nitrogen and oxygen atoms in total. The molecule has 1 aliphatic heterocycles. The Balaban J connectivity index is 1.38. The maximum atomic E-state index is 13.0. The van der Waals surface area contributed by atoms with Crippen LogP contribution in [-0.2, 0) is 16.1 Å². The van der Waals surface area contributed by atoms with Crippen LogP contribution in [0.2, 0.25) is 0 Å². The third kappa shape index (κ3) is 7.07. The number of nitrogens with zero attached hydrogens (tertiary/aromatic N) is 3. The number of anilines is 4. The van der Waals surface area contributed by atoms with Crippen LogP contribution >= 0.6 is 0 Å². The zero-order valence-corrected chi connectivity index (χ0v) is 22.6. The number of hydrogen-bond donors (Lipinski definition) is 3. The van der Waals surface area contributed by atoms with E-state index in [1.165, 1.54) is 6.92 Å². The number of piperidine rings is 1. The van der Waals surface area contributed by atoms with Crippen molar-refractivity contribution >= 4 is 35.0 Å². The summed E-state index contributed by atoms with van der Waals surface area (Å²) in [5.74, 6) is 2.43. The van der Waals surface area contributed by atoms with E-state index in [-0.39, 0.29) is 17.7 Å². The molecule has 0 bridgehead atoms. The van der Waals surface area contributed by atoms with Gasteiger partial charge in [-0.3, -0.25) is 9.59 Å². The molecule has 4 rings (SSSR count). The minimum absolute atomic E-state index is 0.00969. The summed E-state index contributed by atoms with van der Waals surface area (Å²) in [7, 11) is 4.68. The van der Waals surface area contributed by atoms with Gasteiger partial charge in [-0.25, -0.2) is 4.98 Å². The van der Waals surface area contributed by atoms with Gasteiger partial charge in [0.2, 0.25) is 23.5 Å². The predicted octanol–water partition coefficient (Wildman–Crippen LogP) is 3.74. The summed E-state index contributed by atoms with van der Waals surface area (Å²) in [6, 6.07) is 12.8. The highest BCUT2D eigenvalue weighted by Crippen LogP contribution is 2.40. The second-order valence-electron chi connectivity index (χ2n) is 9.16. The predicted molar refractivity (Wildman–Crippen MR) is 149 cm³/mol. The van der Waals surface area contributed by atoms with Crippen molar-refractivity contribution in [1.29, 1.82) is 0 Å². The van der Waals surface area contributed by atoms with Crippen molar-refractivity contribution in [2.45, 2.75) is 26.3 Å². The Bertz CT molecular complexity index is 1270. The van der Waals surface area contributed by atoms with Gasteiger partial charge < -0.3 is 35.1 Å². The molecule has 11 heteroatoms. The van der Waals surface area contributed by atoms with Crippen LogP contribution in [0.1, 0.15) is 25.3 Å². The number of rotatable bonds is 10. The topological polar surface area (TPSA) is 127 Å². The minimum Gasteiger partial charge on any atom is -0.493 e. The maximum absolute atomic E-state index is 13.0. The average molecular weight is 535 g/mol. The molecule has 2 aromatic carbocycles. The van der Waals surface area contributed by atoms with Crippen molar-refractivity contribution in [3.05, 3.63) is 54.2 Å². The normalized spacial score (nSPS) is 14.8. The number of hydrogen-bond acceptors (Lipinski definition) is 9. The van der Waals surface area contributed by atoms with Crippen LogP contribution in [-0.4, -0.2) is 56.2 Å². The quantitative estimate of drug-likeness (QED) is 0.356. The second-order valence-corrected chi connectivity index (χ2v) is 9.16. The molecule has 0 unspecified atom stereocenters. The molecule has 2 amide bonds. The Morgan fingerprint density at radius 3 is 2.36 bits per heavy atom. The van der Waals surface area contributed by atoms with Crippen molar-refractivity contribution in [3.63, 3.8) is 0 Å². The SMILES string of the molecule is COc1cc(Nc2nccc(N3CCC[C@H](C(=O)NCc4ccc(NC(C)=O)cc4)C3)n2)cc(OC)c1OC. The summed E-state index contributed by atoms with van der Waals surface area (Å²) in [6.45, 7) is 3.26. The second kappa shape index (κ2) is 12.8. The van der Waals surface area contributed by atoms with Gasteiger partial charge in [0.05, 0.1) is 27.2 Å². The number of ether oxygens (including phenoxy) is 3. The van der Waals surface area contributed by atoms with Gasteiger partial charge in [0.25, 0.3) is 0 Å². The molecule has 3 aromatic rings. The summed E-state index contributed by atoms with van der Waals surface area (Å²) >= 11 is 0. The largest absolute Gasteiger partial charge is 0.493 e. The van der Waals surface area contributed by atoms with Gasteiger partial charge in [-0.05, 0) is 36.6 Å². The lowest BCUT2D eigenvalue weighted by Crippen LogP contribution is -2.43. The molecule has 1 aromatic heterocycles. The first-order chi connectivity index (χ1) is 18.9. The van der Waals surface area contributed by atoms with Crippen molar-refractivity contribution in [2.24, 2.45) is 5.92 Å². The molecule has 206 valence electrons. The molecule has 2 heterocycles. The Morgan fingerprint density at radius 1 is 1.00 bits per heavy atom. The van der Waals surface area contributed by atoms with Gasteiger partial charge in [0, 0.05) is 56.3 Å². The number of nitrogens with one attached hydrogen (secondary N) is 3. The first-order valence-electron chi connectivity index (χ1n) is 12.7.